The van der Waals surface area contributed by atoms with Crippen molar-refractivity contribution in [1.29, 1.82) is 0 Å². The minimum Gasteiger partial charge on any atom is -0.311 e. The molecule has 0 aliphatic rings. The van der Waals surface area contributed by atoms with Gasteiger partial charge in [0.15, 0.2) is 0 Å². The predicted molar refractivity (Wildman–Crippen MR) is 239 cm³/mol. The summed E-state index contributed by atoms with van der Waals surface area (Å²) in [5, 5.41) is 2.50. The van der Waals surface area contributed by atoms with Gasteiger partial charge < -0.3 is 9.47 Å². The van der Waals surface area contributed by atoms with Crippen molar-refractivity contribution in [2.45, 2.75) is 5.41 Å². The van der Waals surface area contributed by atoms with Crippen LogP contribution >= 0.6 is 0 Å². The van der Waals surface area contributed by atoms with Crippen molar-refractivity contribution in [2.75, 3.05) is 4.90 Å². The summed E-state index contributed by atoms with van der Waals surface area (Å²) in [5.41, 5.74) is 13.7. The highest BCUT2D eigenvalue weighted by Gasteiger charge is 2.38. The fraction of sp³-hybridized carbons (Fsp3) is 0.0182. The van der Waals surface area contributed by atoms with Crippen LogP contribution in [0.4, 0.5) is 17.1 Å². The number of hydrogen-bond donors (Lipinski definition) is 0. The largest absolute Gasteiger partial charge is 0.311 e. The first kappa shape index (κ1) is 34.1. The van der Waals surface area contributed by atoms with Crippen molar-refractivity contribution in [1.82, 2.24) is 4.57 Å². The summed E-state index contributed by atoms with van der Waals surface area (Å²) in [7, 11) is 0. The minimum absolute atomic E-state index is 0.504. The van der Waals surface area contributed by atoms with Gasteiger partial charge in [-0.1, -0.05) is 176 Å². The Morgan fingerprint density at radius 2 is 0.702 bits per heavy atom. The highest BCUT2D eigenvalue weighted by molar-refractivity contribution is 6.10. The van der Waals surface area contributed by atoms with Crippen LogP contribution in [0, 0.1) is 0 Å². The number of hydrogen-bond acceptors (Lipinski definition) is 1. The van der Waals surface area contributed by atoms with E-state index in [-0.39, 0.29) is 0 Å². The Morgan fingerprint density at radius 3 is 1.26 bits per heavy atom. The molecule has 2 nitrogen and oxygen atoms in total. The summed E-state index contributed by atoms with van der Waals surface area (Å²) in [5.74, 6) is 0. The van der Waals surface area contributed by atoms with Gasteiger partial charge >= 0.3 is 0 Å². The smallest absolute Gasteiger partial charge is 0.0701 e. The van der Waals surface area contributed by atoms with E-state index in [4.69, 9.17) is 0 Å². The third-order valence-electron chi connectivity index (χ3n) is 11.3. The van der Waals surface area contributed by atoms with Gasteiger partial charge in [0.25, 0.3) is 0 Å². The first-order valence-corrected chi connectivity index (χ1v) is 19.6. The first-order valence-electron chi connectivity index (χ1n) is 19.6. The molecule has 10 aromatic rings. The summed E-state index contributed by atoms with van der Waals surface area (Å²) in [6, 6.07) is 87.7. The molecule has 0 unspecified atom stereocenters. The SMILES string of the molecule is c1ccc(N(c2ccc(-c3ccc4c(c3)c3ccccc3n4-c3ccccc3)cc2)c2ccc(C(c3ccccc3)(c3ccccc3)c3ccccc3)cc2)cc1. The fourth-order valence-electron chi connectivity index (χ4n) is 8.76. The van der Waals surface area contributed by atoms with E-state index in [1.165, 1.54) is 60.9 Å². The van der Waals surface area contributed by atoms with Crippen LogP contribution in [-0.4, -0.2) is 4.57 Å². The molecule has 0 radical (unpaired) electrons. The number of rotatable bonds is 9. The Morgan fingerprint density at radius 1 is 0.298 bits per heavy atom. The zero-order valence-corrected chi connectivity index (χ0v) is 31.5. The van der Waals surface area contributed by atoms with Crippen LogP contribution in [0.2, 0.25) is 0 Å². The maximum absolute atomic E-state index is 2.37. The lowest BCUT2D eigenvalue weighted by molar-refractivity contribution is 0.745. The van der Waals surface area contributed by atoms with Gasteiger partial charge in [-0.05, 0) is 100 Å². The van der Waals surface area contributed by atoms with Crippen LogP contribution in [0.15, 0.2) is 243 Å². The second-order valence-electron chi connectivity index (χ2n) is 14.5. The van der Waals surface area contributed by atoms with Crippen molar-refractivity contribution < 1.29 is 0 Å². The Balaban J connectivity index is 1.06. The molecule has 2 heteroatoms. The molecular formula is C55H40N2. The van der Waals surface area contributed by atoms with E-state index < -0.39 is 5.41 Å². The number of benzene rings is 9. The molecule has 0 fully saturated rings. The number of para-hydroxylation sites is 3. The Labute approximate surface area is 334 Å². The summed E-state index contributed by atoms with van der Waals surface area (Å²) < 4.78 is 2.37. The highest BCUT2D eigenvalue weighted by Crippen LogP contribution is 2.46. The molecule has 0 saturated heterocycles. The summed E-state index contributed by atoms with van der Waals surface area (Å²) in [4.78, 5) is 2.35. The first-order chi connectivity index (χ1) is 28.3. The average molecular weight is 729 g/mol. The zero-order chi connectivity index (χ0) is 38.0. The Hall–Kier alpha value is -7.42. The van der Waals surface area contributed by atoms with E-state index in [0.717, 1.165) is 17.1 Å². The quantitative estimate of drug-likeness (QED) is 0.134. The molecule has 1 aromatic heterocycles. The van der Waals surface area contributed by atoms with E-state index in [0.29, 0.717) is 0 Å². The van der Waals surface area contributed by atoms with E-state index in [1.54, 1.807) is 0 Å². The average Bonchev–Trinajstić information content (AvgIpc) is 3.63. The van der Waals surface area contributed by atoms with Gasteiger partial charge in [0, 0.05) is 33.5 Å². The molecule has 0 aliphatic carbocycles. The predicted octanol–water partition coefficient (Wildman–Crippen LogP) is 14.3. The van der Waals surface area contributed by atoms with E-state index in [2.05, 4.69) is 252 Å². The molecule has 57 heavy (non-hydrogen) atoms. The summed E-state index contributed by atoms with van der Waals surface area (Å²) in [6.07, 6.45) is 0. The number of fused-ring (bicyclic) bond motifs is 3. The highest BCUT2D eigenvalue weighted by atomic mass is 15.1. The Bertz CT molecular complexity index is 2800. The third kappa shape index (κ3) is 6.00. The number of aromatic nitrogens is 1. The lowest BCUT2D eigenvalue weighted by atomic mass is 9.65. The van der Waals surface area contributed by atoms with Crippen molar-refractivity contribution in [3.05, 3.63) is 265 Å². The third-order valence-corrected chi connectivity index (χ3v) is 11.3. The monoisotopic (exact) mass is 728 g/mol. The second-order valence-corrected chi connectivity index (χ2v) is 14.5. The van der Waals surface area contributed by atoms with Crippen LogP contribution in [0.1, 0.15) is 22.3 Å². The van der Waals surface area contributed by atoms with E-state index in [1.807, 2.05) is 0 Å². The number of anilines is 3. The van der Waals surface area contributed by atoms with Crippen LogP contribution < -0.4 is 4.90 Å². The maximum atomic E-state index is 2.37. The Kier molecular flexibility index (Phi) is 8.78. The molecule has 0 aliphatic heterocycles. The summed E-state index contributed by atoms with van der Waals surface area (Å²) >= 11 is 0. The molecule has 0 atom stereocenters. The van der Waals surface area contributed by atoms with Crippen LogP contribution in [0.3, 0.4) is 0 Å². The standard InChI is InChI=1S/C55H40N2/c1-6-18-43(19-7-1)55(44-20-8-2-9-21-44,45-22-10-3-11-23-45)46-33-37-50(38-34-46)56(47-24-12-4-13-25-47)49-35-30-41(31-36-49)42-32-39-54-52(40-42)51-28-16-17-29-53(51)57(54)48-26-14-5-15-27-48/h1-40H. The van der Waals surface area contributed by atoms with Gasteiger partial charge in [0.05, 0.1) is 16.4 Å². The molecule has 0 saturated carbocycles. The van der Waals surface area contributed by atoms with E-state index in [9.17, 15) is 0 Å². The zero-order valence-electron chi connectivity index (χ0n) is 31.5. The van der Waals surface area contributed by atoms with Gasteiger partial charge in [-0.2, -0.15) is 0 Å². The maximum Gasteiger partial charge on any atom is 0.0701 e. The van der Waals surface area contributed by atoms with Gasteiger partial charge in [-0.3, -0.25) is 0 Å². The van der Waals surface area contributed by atoms with Crippen molar-refractivity contribution in [2.24, 2.45) is 0 Å². The molecule has 0 N–H and O–H groups in total. The molecule has 0 bridgehead atoms. The number of nitrogens with zero attached hydrogens (tertiary/aromatic N) is 2. The van der Waals surface area contributed by atoms with Crippen LogP contribution in [0.25, 0.3) is 38.6 Å². The van der Waals surface area contributed by atoms with Gasteiger partial charge in [-0.25, -0.2) is 0 Å². The van der Waals surface area contributed by atoms with E-state index >= 15 is 0 Å². The molecule has 9 aromatic carbocycles. The lowest BCUT2D eigenvalue weighted by Crippen LogP contribution is -2.31. The molecule has 270 valence electrons. The normalized spacial score (nSPS) is 11.5. The van der Waals surface area contributed by atoms with Crippen molar-refractivity contribution >= 4 is 38.9 Å². The van der Waals surface area contributed by atoms with Gasteiger partial charge in [-0.15, -0.1) is 0 Å². The van der Waals surface area contributed by atoms with Crippen molar-refractivity contribution in [3.63, 3.8) is 0 Å². The lowest BCUT2D eigenvalue weighted by Gasteiger charge is -2.37. The van der Waals surface area contributed by atoms with Gasteiger partial charge in [0.2, 0.25) is 0 Å². The second kappa shape index (κ2) is 14.7. The summed E-state index contributed by atoms with van der Waals surface area (Å²) in [6.45, 7) is 0. The van der Waals surface area contributed by atoms with Crippen LogP contribution in [0.5, 0.6) is 0 Å². The molecule has 10 rings (SSSR count). The topological polar surface area (TPSA) is 8.17 Å². The molecule has 0 spiro atoms. The van der Waals surface area contributed by atoms with Crippen molar-refractivity contribution in [3.8, 4) is 16.8 Å². The van der Waals surface area contributed by atoms with Gasteiger partial charge in [0.1, 0.15) is 0 Å². The molecule has 1 heterocycles. The molecular weight excluding hydrogens is 689 g/mol. The fourth-order valence-corrected chi connectivity index (χ4v) is 8.76. The minimum atomic E-state index is -0.504. The van der Waals surface area contributed by atoms with Crippen LogP contribution in [-0.2, 0) is 5.41 Å². The molecule has 0 amide bonds.